The molecule has 5 nitrogen and oxygen atoms in total. The fourth-order valence-corrected chi connectivity index (χ4v) is 1.91. The van der Waals surface area contributed by atoms with E-state index in [1.54, 1.807) is 32.0 Å². The molecule has 22 heavy (non-hydrogen) atoms. The van der Waals surface area contributed by atoms with Gasteiger partial charge in [-0.25, -0.2) is 0 Å². The Labute approximate surface area is 129 Å². The van der Waals surface area contributed by atoms with Crippen LogP contribution < -0.4 is 10.6 Å². The molecule has 0 saturated carbocycles. The summed E-state index contributed by atoms with van der Waals surface area (Å²) >= 11 is 0. The number of anilines is 1. The second-order valence-corrected chi connectivity index (χ2v) is 5.71. The van der Waals surface area contributed by atoms with Gasteiger partial charge in [0.15, 0.2) is 0 Å². The molecule has 0 radical (unpaired) electrons. The van der Waals surface area contributed by atoms with Gasteiger partial charge in [0.1, 0.15) is 11.2 Å². The predicted octanol–water partition coefficient (Wildman–Crippen LogP) is 2.87. The average molecular weight is 300 g/mol. The molecule has 0 aliphatic heterocycles. The van der Waals surface area contributed by atoms with E-state index < -0.39 is 5.41 Å². The number of carbonyl (C=O) groups excluding carboxylic acids is 2. The van der Waals surface area contributed by atoms with Crippen molar-refractivity contribution < 1.29 is 14.0 Å². The van der Waals surface area contributed by atoms with E-state index >= 15 is 0 Å². The first-order chi connectivity index (χ1) is 10.4. The van der Waals surface area contributed by atoms with Crippen LogP contribution in [0.1, 0.15) is 25.2 Å². The minimum atomic E-state index is -1.18. The lowest BCUT2D eigenvalue weighted by Gasteiger charge is -2.22. The Morgan fingerprint density at radius 1 is 1.14 bits per heavy atom. The number of aryl methyl sites for hydroxylation is 1. The molecule has 0 unspecified atom stereocenters. The Morgan fingerprint density at radius 3 is 2.55 bits per heavy atom. The molecule has 2 amide bonds. The van der Waals surface area contributed by atoms with Crippen LogP contribution >= 0.6 is 0 Å². The third-order valence-electron chi connectivity index (χ3n) is 3.41. The van der Waals surface area contributed by atoms with Gasteiger partial charge in [0, 0.05) is 5.69 Å². The molecule has 1 aromatic carbocycles. The molecule has 1 aromatic heterocycles. The fraction of sp³-hybridized carbons (Fsp3) is 0.294. The van der Waals surface area contributed by atoms with E-state index in [1.165, 1.54) is 6.26 Å². The van der Waals surface area contributed by atoms with E-state index in [4.69, 9.17) is 4.42 Å². The number of nitrogens with one attached hydrogen (secondary N) is 2. The van der Waals surface area contributed by atoms with Gasteiger partial charge in [-0.1, -0.05) is 12.1 Å². The maximum Gasteiger partial charge on any atom is 0.239 e. The molecule has 0 saturated heterocycles. The molecule has 5 heteroatoms. The van der Waals surface area contributed by atoms with Crippen LogP contribution in [0.25, 0.3) is 0 Å². The summed E-state index contributed by atoms with van der Waals surface area (Å²) in [7, 11) is 0. The summed E-state index contributed by atoms with van der Waals surface area (Å²) in [5.74, 6) is -0.0626. The van der Waals surface area contributed by atoms with Gasteiger partial charge >= 0.3 is 0 Å². The van der Waals surface area contributed by atoms with Crippen molar-refractivity contribution in [1.29, 1.82) is 0 Å². The number of amides is 2. The lowest BCUT2D eigenvalue weighted by Crippen LogP contribution is -2.44. The van der Waals surface area contributed by atoms with Crippen molar-refractivity contribution in [3.8, 4) is 0 Å². The van der Waals surface area contributed by atoms with E-state index in [1.807, 2.05) is 25.1 Å². The van der Waals surface area contributed by atoms with Crippen LogP contribution in [-0.2, 0) is 16.1 Å². The highest BCUT2D eigenvalue weighted by atomic mass is 16.3. The molecule has 2 rings (SSSR count). The predicted molar refractivity (Wildman–Crippen MR) is 84.1 cm³/mol. The highest BCUT2D eigenvalue weighted by molar-refractivity contribution is 6.09. The Hall–Kier alpha value is -2.56. The molecule has 0 spiro atoms. The normalized spacial score (nSPS) is 11.0. The molecule has 0 atom stereocenters. The molecule has 1 heterocycles. The number of hydrogen-bond donors (Lipinski definition) is 2. The third-order valence-corrected chi connectivity index (χ3v) is 3.41. The topological polar surface area (TPSA) is 71.3 Å². The maximum atomic E-state index is 12.4. The van der Waals surface area contributed by atoms with Crippen molar-refractivity contribution in [2.75, 3.05) is 5.32 Å². The van der Waals surface area contributed by atoms with Crippen molar-refractivity contribution in [2.24, 2.45) is 5.41 Å². The quantitative estimate of drug-likeness (QED) is 0.834. The number of furan rings is 1. The Morgan fingerprint density at radius 2 is 1.91 bits per heavy atom. The van der Waals surface area contributed by atoms with Crippen molar-refractivity contribution >= 4 is 17.5 Å². The Balaban J connectivity index is 1.98. The minimum Gasteiger partial charge on any atom is -0.467 e. The highest BCUT2D eigenvalue weighted by Gasteiger charge is 2.36. The number of rotatable bonds is 5. The van der Waals surface area contributed by atoms with Crippen molar-refractivity contribution in [2.45, 2.75) is 27.3 Å². The molecule has 2 aromatic rings. The van der Waals surface area contributed by atoms with Gasteiger partial charge in [0.2, 0.25) is 11.8 Å². The molecule has 2 N–H and O–H groups in total. The van der Waals surface area contributed by atoms with Gasteiger partial charge in [0.05, 0.1) is 12.8 Å². The highest BCUT2D eigenvalue weighted by Crippen LogP contribution is 2.20. The molecule has 116 valence electrons. The summed E-state index contributed by atoms with van der Waals surface area (Å²) in [6, 6.07) is 11.0. The second-order valence-electron chi connectivity index (χ2n) is 5.71. The van der Waals surface area contributed by atoms with Crippen molar-refractivity contribution in [3.63, 3.8) is 0 Å². The van der Waals surface area contributed by atoms with Gasteiger partial charge in [-0.15, -0.1) is 0 Å². The van der Waals surface area contributed by atoms with E-state index in [-0.39, 0.29) is 18.4 Å². The van der Waals surface area contributed by atoms with Crippen molar-refractivity contribution in [1.82, 2.24) is 5.32 Å². The Bertz CT molecular complexity index is 660. The fourth-order valence-electron chi connectivity index (χ4n) is 1.91. The number of benzene rings is 1. The van der Waals surface area contributed by atoms with Crippen LogP contribution in [0.4, 0.5) is 5.69 Å². The summed E-state index contributed by atoms with van der Waals surface area (Å²) in [6.45, 7) is 5.38. The largest absolute Gasteiger partial charge is 0.467 e. The van der Waals surface area contributed by atoms with Crippen molar-refractivity contribution in [3.05, 3.63) is 54.0 Å². The van der Waals surface area contributed by atoms with E-state index in [2.05, 4.69) is 10.6 Å². The average Bonchev–Trinajstić information content (AvgIpc) is 2.97. The number of carbonyl (C=O) groups is 2. The summed E-state index contributed by atoms with van der Waals surface area (Å²) in [5.41, 5.74) is 0.533. The molecule has 0 fully saturated rings. The smallest absolute Gasteiger partial charge is 0.239 e. The molecule has 0 aliphatic carbocycles. The van der Waals surface area contributed by atoms with Crippen LogP contribution in [0.5, 0.6) is 0 Å². The van der Waals surface area contributed by atoms with Gasteiger partial charge in [-0.3, -0.25) is 9.59 Å². The summed E-state index contributed by atoms with van der Waals surface area (Å²) < 4.78 is 5.15. The van der Waals surface area contributed by atoms with Crippen LogP contribution in [0, 0.1) is 12.3 Å². The van der Waals surface area contributed by atoms with E-state index in [9.17, 15) is 9.59 Å². The maximum absolute atomic E-state index is 12.4. The summed E-state index contributed by atoms with van der Waals surface area (Å²) in [4.78, 5) is 24.6. The van der Waals surface area contributed by atoms with E-state index in [0.29, 0.717) is 11.4 Å². The molecular formula is C17H20N2O3. The van der Waals surface area contributed by atoms with Crippen LogP contribution in [0.2, 0.25) is 0 Å². The standard InChI is InChI=1S/C17H20N2O3/c1-12-6-4-7-13(10-12)19-16(21)17(2,3)15(20)18-11-14-8-5-9-22-14/h4-10H,11H2,1-3H3,(H,18,20)(H,19,21). The second kappa shape index (κ2) is 6.47. The first-order valence-corrected chi connectivity index (χ1v) is 7.08. The zero-order chi connectivity index (χ0) is 16.2. The van der Waals surface area contributed by atoms with Gasteiger partial charge < -0.3 is 15.1 Å². The Kier molecular flexibility index (Phi) is 4.65. The van der Waals surface area contributed by atoms with Gasteiger partial charge in [0.25, 0.3) is 0 Å². The first kappa shape index (κ1) is 15.8. The zero-order valence-electron chi connectivity index (χ0n) is 13.0. The lowest BCUT2D eigenvalue weighted by molar-refractivity contribution is -0.138. The van der Waals surface area contributed by atoms with Crippen LogP contribution in [0.15, 0.2) is 47.1 Å². The zero-order valence-corrected chi connectivity index (χ0v) is 13.0. The third kappa shape index (κ3) is 3.75. The monoisotopic (exact) mass is 300 g/mol. The summed E-state index contributed by atoms with van der Waals surface area (Å²) in [5, 5.41) is 5.48. The SMILES string of the molecule is Cc1cccc(NC(=O)C(C)(C)C(=O)NCc2ccco2)c1. The van der Waals surface area contributed by atoms with Gasteiger partial charge in [-0.2, -0.15) is 0 Å². The number of hydrogen-bond acceptors (Lipinski definition) is 3. The van der Waals surface area contributed by atoms with Gasteiger partial charge in [-0.05, 0) is 50.6 Å². The molecule has 0 aliphatic rings. The minimum absolute atomic E-state index is 0.257. The lowest BCUT2D eigenvalue weighted by atomic mass is 9.91. The van der Waals surface area contributed by atoms with Crippen LogP contribution in [-0.4, -0.2) is 11.8 Å². The van der Waals surface area contributed by atoms with E-state index in [0.717, 1.165) is 5.56 Å². The summed E-state index contributed by atoms with van der Waals surface area (Å²) in [6.07, 6.45) is 1.54. The molecule has 0 bridgehead atoms. The first-order valence-electron chi connectivity index (χ1n) is 7.08. The molecular weight excluding hydrogens is 280 g/mol. The van der Waals surface area contributed by atoms with Crippen LogP contribution in [0.3, 0.4) is 0 Å².